The number of esters is 1. The Kier molecular flexibility index (Phi) is 5.82. The van der Waals surface area contributed by atoms with E-state index >= 15 is 0 Å². The van der Waals surface area contributed by atoms with Crippen LogP contribution in [0.4, 0.5) is 0 Å². The maximum Gasteiger partial charge on any atom is 0.338 e. The highest BCUT2D eigenvalue weighted by molar-refractivity contribution is 6.07. The second-order valence-electron chi connectivity index (χ2n) is 7.82. The number of amides is 2. The SMILES string of the molecule is CC(C)(C)OC(=O)c1cccc(-c2ccc3c(C(=O)NCC(N)=O)ccnc3c2)c1. The summed E-state index contributed by atoms with van der Waals surface area (Å²) < 4.78 is 5.44. The van der Waals surface area contributed by atoms with Crippen LogP contribution in [0.5, 0.6) is 0 Å². The van der Waals surface area contributed by atoms with Gasteiger partial charge in [0.1, 0.15) is 5.60 Å². The van der Waals surface area contributed by atoms with Crippen molar-refractivity contribution >= 4 is 28.7 Å². The number of primary amides is 1. The van der Waals surface area contributed by atoms with Crippen molar-refractivity contribution in [2.24, 2.45) is 5.73 Å². The lowest BCUT2D eigenvalue weighted by Crippen LogP contribution is -2.33. The summed E-state index contributed by atoms with van der Waals surface area (Å²) in [5.41, 5.74) is 7.64. The zero-order valence-electron chi connectivity index (χ0n) is 17.1. The minimum Gasteiger partial charge on any atom is -0.456 e. The molecule has 0 aliphatic rings. The van der Waals surface area contributed by atoms with E-state index < -0.39 is 23.4 Å². The molecule has 3 aromatic rings. The van der Waals surface area contributed by atoms with Gasteiger partial charge in [0.25, 0.3) is 5.91 Å². The second-order valence-corrected chi connectivity index (χ2v) is 7.82. The molecule has 1 heterocycles. The summed E-state index contributed by atoms with van der Waals surface area (Å²) in [6, 6.07) is 14.2. The van der Waals surface area contributed by atoms with Gasteiger partial charge in [0.2, 0.25) is 5.91 Å². The zero-order chi connectivity index (χ0) is 21.9. The molecule has 0 spiro atoms. The first-order chi connectivity index (χ1) is 14.1. The quantitative estimate of drug-likeness (QED) is 0.634. The molecule has 7 nitrogen and oxygen atoms in total. The Morgan fingerprint density at radius 2 is 1.77 bits per heavy atom. The maximum absolute atomic E-state index is 12.4. The molecular formula is C23H23N3O4. The fourth-order valence-corrected chi connectivity index (χ4v) is 2.95. The number of aromatic nitrogens is 1. The Morgan fingerprint density at radius 1 is 1.03 bits per heavy atom. The van der Waals surface area contributed by atoms with Gasteiger partial charge in [0.15, 0.2) is 0 Å². The van der Waals surface area contributed by atoms with Crippen LogP contribution in [-0.2, 0) is 9.53 Å². The molecule has 0 fully saturated rings. The van der Waals surface area contributed by atoms with Crippen LogP contribution in [-0.4, -0.2) is 34.9 Å². The minimum atomic E-state index is -0.617. The van der Waals surface area contributed by atoms with Gasteiger partial charge in [-0.05, 0) is 56.2 Å². The molecular weight excluding hydrogens is 382 g/mol. The number of pyridine rings is 1. The van der Waals surface area contributed by atoms with E-state index in [0.717, 1.165) is 11.1 Å². The van der Waals surface area contributed by atoms with Crippen molar-refractivity contribution in [2.45, 2.75) is 26.4 Å². The lowest BCUT2D eigenvalue weighted by atomic mass is 9.99. The van der Waals surface area contributed by atoms with Crippen LogP contribution < -0.4 is 11.1 Å². The molecule has 7 heteroatoms. The Balaban J connectivity index is 1.93. The van der Waals surface area contributed by atoms with Gasteiger partial charge in [-0.1, -0.05) is 24.3 Å². The highest BCUT2D eigenvalue weighted by Gasteiger charge is 2.18. The minimum absolute atomic E-state index is 0.238. The number of hydrogen-bond acceptors (Lipinski definition) is 5. The Hall–Kier alpha value is -3.74. The number of hydrogen-bond donors (Lipinski definition) is 2. The molecule has 154 valence electrons. The number of carbonyl (C=O) groups excluding carboxylic acids is 3. The number of carbonyl (C=O) groups is 3. The molecule has 0 radical (unpaired) electrons. The fraction of sp³-hybridized carbons (Fsp3) is 0.217. The number of rotatable bonds is 5. The molecule has 0 atom stereocenters. The number of nitrogens with zero attached hydrogens (tertiary/aromatic N) is 1. The first kappa shape index (κ1) is 21.0. The molecule has 1 aromatic heterocycles. The molecule has 0 aliphatic carbocycles. The van der Waals surface area contributed by atoms with Crippen LogP contribution in [0, 0.1) is 0 Å². The molecule has 2 aromatic carbocycles. The van der Waals surface area contributed by atoms with Crippen LogP contribution in [0.15, 0.2) is 54.7 Å². The average Bonchev–Trinajstić information content (AvgIpc) is 2.70. The third-order valence-electron chi connectivity index (χ3n) is 4.24. The standard InChI is InChI=1S/C23H23N3O4/c1-23(2,3)30-22(29)16-6-4-5-14(11-16)15-7-8-17-18(9-10-25-19(17)12-15)21(28)26-13-20(24)27/h4-12H,13H2,1-3H3,(H2,24,27)(H,26,28). The Bertz CT molecular complexity index is 1130. The molecule has 0 aliphatic heterocycles. The number of nitrogens with one attached hydrogen (secondary N) is 1. The smallest absolute Gasteiger partial charge is 0.338 e. The second kappa shape index (κ2) is 8.32. The van der Waals surface area contributed by atoms with Gasteiger partial charge in [0, 0.05) is 11.6 Å². The monoisotopic (exact) mass is 405 g/mol. The van der Waals surface area contributed by atoms with Crippen molar-refractivity contribution in [3.05, 3.63) is 65.9 Å². The van der Waals surface area contributed by atoms with E-state index in [0.29, 0.717) is 22.0 Å². The van der Waals surface area contributed by atoms with Crippen LogP contribution in [0.2, 0.25) is 0 Å². The van der Waals surface area contributed by atoms with Crippen molar-refractivity contribution in [2.75, 3.05) is 6.54 Å². The molecule has 0 saturated heterocycles. The molecule has 0 saturated carbocycles. The summed E-state index contributed by atoms with van der Waals surface area (Å²) in [6.45, 7) is 5.22. The summed E-state index contributed by atoms with van der Waals surface area (Å²) in [6.07, 6.45) is 1.53. The predicted molar refractivity (Wildman–Crippen MR) is 114 cm³/mol. The third-order valence-corrected chi connectivity index (χ3v) is 4.24. The van der Waals surface area contributed by atoms with Crippen LogP contribution in [0.1, 0.15) is 41.5 Å². The predicted octanol–water partition coefficient (Wildman–Crippen LogP) is 3.07. The molecule has 2 amide bonds. The van der Waals surface area contributed by atoms with Crippen molar-refractivity contribution < 1.29 is 19.1 Å². The topological polar surface area (TPSA) is 111 Å². The summed E-state index contributed by atoms with van der Waals surface area (Å²) in [7, 11) is 0. The van der Waals surface area contributed by atoms with E-state index in [1.165, 1.54) is 6.20 Å². The Morgan fingerprint density at radius 3 is 2.47 bits per heavy atom. The van der Waals surface area contributed by atoms with E-state index in [9.17, 15) is 14.4 Å². The number of benzene rings is 2. The molecule has 0 unspecified atom stereocenters. The van der Waals surface area contributed by atoms with Crippen molar-refractivity contribution in [1.82, 2.24) is 10.3 Å². The summed E-state index contributed by atoms with van der Waals surface area (Å²) >= 11 is 0. The highest BCUT2D eigenvalue weighted by atomic mass is 16.6. The average molecular weight is 405 g/mol. The first-order valence-electron chi connectivity index (χ1n) is 9.43. The summed E-state index contributed by atoms with van der Waals surface area (Å²) in [5.74, 6) is -1.41. The van der Waals surface area contributed by atoms with E-state index in [1.807, 2.05) is 39.0 Å². The van der Waals surface area contributed by atoms with Crippen molar-refractivity contribution in [3.63, 3.8) is 0 Å². The van der Waals surface area contributed by atoms with Gasteiger partial charge >= 0.3 is 5.97 Å². The van der Waals surface area contributed by atoms with E-state index in [2.05, 4.69) is 10.3 Å². The van der Waals surface area contributed by atoms with Gasteiger partial charge in [0.05, 0.1) is 23.2 Å². The van der Waals surface area contributed by atoms with Gasteiger partial charge in [-0.3, -0.25) is 14.6 Å². The largest absolute Gasteiger partial charge is 0.456 e. The van der Waals surface area contributed by atoms with E-state index in [-0.39, 0.29) is 6.54 Å². The lowest BCUT2D eigenvalue weighted by molar-refractivity contribution is -0.117. The molecule has 30 heavy (non-hydrogen) atoms. The molecule has 3 N–H and O–H groups in total. The van der Waals surface area contributed by atoms with Gasteiger partial charge in [-0.25, -0.2) is 4.79 Å². The first-order valence-corrected chi connectivity index (χ1v) is 9.43. The Labute approximate surface area is 174 Å². The van der Waals surface area contributed by atoms with E-state index in [1.54, 1.807) is 30.3 Å². The lowest BCUT2D eigenvalue weighted by Gasteiger charge is -2.19. The van der Waals surface area contributed by atoms with E-state index in [4.69, 9.17) is 10.5 Å². The van der Waals surface area contributed by atoms with Crippen molar-refractivity contribution in [1.29, 1.82) is 0 Å². The van der Waals surface area contributed by atoms with Gasteiger partial charge < -0.3 is 15.8 Å². The maximum atomic E-state index is 12.4. The summed E-state index contributed by atoms with van der Waals surface area (Å²) in [5, 5.41) is 3.13. The normalized spacial score (nSPS) is 11.2. The molecule has 0 bridgehead atoms. The zero-order valence-corrected chi connectivity index (χ0v) is 17.1. The summed E-state index contributed by atoms with van der Waals surface area (Å²) in [4.78, 5) is 40.0. The van der Waals surface area contributed by atoms with Crippen molar-refractivity contribution in [3.8, 4) is 11.1 Å². The third kappa shape index (κ3) is 5.00. The number of nitrogens with two attached hydrogens (primary N) is 1. The fourth-order valence-electron chi connectivity index (χ4n) is 2.95. The molecule has 3 rings (SSSR count). The van der Waals surface area contributed by atoms with Gasteiger partial charge in [-0.15, -0.1) is 0 Å². The highest BCUT2D eigenvalue weighted by Crippen LogP contribution is 2.26. The number of fused-ring (bicyclic) bond motifs is 1. The van der Waals surface area contributed by atoms with Crippen LogP contribution in [0.3, 0.4) is 0 Å². The van der Waals surface area contributed by atoms with Crippen LogP contribution >= 0.6 is 0 Å². The van der Waals surface area contributed by atoms with Gasteiger partial charge in [-0.2, -0.15) is 0 Å². The van der Waals surface area contributed by atoms with Crippen LogP contribution in [0.25, 0.3) is 22.0 Å². The number of ether oxygens (including phenoxy) is 1.